The van der Waals surface area contributed by atoms with Crippen molar-refractivity contribution < 1.29 is 8.42 Å². The van der Waals surface area contributed by atoms with E-state index < -0.39 is 9.84 Å². The fourth-order valence-electron chi connectivity index (χ4n) is 2.27. The smallest absolute Gasteiger partial charge is 0.153 e. The molecular weight excluding hydrogens is 240 g/mol. The van der Waals surface area contributed by atoms with Crippen LogP contribution in [0.3, 0.4) is 0 Å². The van der Waals surface area contributed by atoms with Crippen molar-refractivity contribution in [2.45, 2.75) is 18.6 Å². The van der Waals surface area contributed by atoms with Gasteiger partial charge in [0.2, 0.25) is 0 Å². The van der Waals surface area contributed by atoms with Crippen molar-refractivity contribution in [1.29, 1.82) is 0 Å². The largest absolute Gasteiger partial charge is 0.325 e. The number of nitrogens with two attached hydrogens (primary N) is 1. The van der Waals surface area contributed by atoms with Crippen LogP contribution in [0.1, 0.15) is 5.56 Å². The normalized spacial score (nSPS) is 27.8. The van der Waals surface area contributed by atoms with Gasteiger partial charge in [-0.05, 0) is 7.05 Å². The zero-order chi connectivity index (χ0) is 12.6. The van der Waals surface area contributed by atoms with E-state index in [0.717, 1.165) is 5.56 Å². The summed E-state index contributed by atoms with van der Waals surface area (Å²) in [5.41, 5.74) is 6.93. The molecule has 0 aliphatic carbocycles. The standard InChI is InChI=1S/C10H18N4O2S/c1-13(4-8-3-12-14(2)5-8)10-7-17(15,16)6-9(10)11/h3,5,9-10H,4,6-7,11H2,1-2H3. The molecule has 7 heteroatoms. The van der Waals surface area contributed by atoms with Crippen molar-refractivity contribution >= 4 is 9.84 Å². The molecule has 0 bridgehead atoms. The molecule has 2 rings (SSSR count). The highest BCUT2D eigenvalue weighted by atomic mass is 32.2. The zero-order valence-electron chi connectivity index (χ0n) is 10.1. The molecule has 1 fully saturated rings. The lowest BCUT2D eigenvalue weighted by Gasteiger charge is -2.25. The molecule has 0 aromatic carbocycles. The van der Waals surface area contributed by atoms with Crippen molar-refractivity contribution in [2.75, 3.05) is 18.6 Å². The number of hydrogen-bond acceptors (Lipinski definition) is 5. The van der Waals surface area contributed by atoms with Gasteiger partial charge < -0.3 is 5.73 Å². The Morgan fingerprint density at radius 1 is 1.59 bits per heavy atom. The van der Waals surface area contributed by atoms with Gasteiger partial charge in [-0.3, -0.25) is 9.58 Å². The number of likely N-dealkylation sites (N-methyl/N-ethyl adjacent to an activating group) is 1. The quantitative estimate of drug-likeness (QED) is 0.750. The Morgan fingerprint density at radius 3 is 2.76 bits per heavy atom. The summed E-state index contributed by atoms with van der Waals surface area (Å²) >= 11 is 0. The number of hydrogen-bond donors (Lipinski definition) is 1. The lowest BCUT2D eigenvalue weighted by Crippen LogP contribution is -2.44. The third-order valence-electron chi connectivity index (χ3n) is 3.12. The summed E-state index contributed by atoms with van der Waals surface area (Å²) in [5, 5.41) is 4.08. The average Bonchev–Trinajstić information content (AvgIpc) is 2.70. The second kappa shape index (κ2) is 4.40. The van der Waals surface area contributed by atoms with Crippen LogP contribution in [0.25, 0.3) is 0 Å². The molecule has 0 amide bonds. The van der Waals surface area contributed by atoms with E-state index in [1.54, 1.807) is 10.9 Å². The minimum absolute atomic E-state index is 0.0923. The zero-order valence-corrected chi connectivity index (χ0v) is 10.9. The van der Waals surface area contributed by atoms with Gasteiger partial charge in [0, 0.05) is 37.4 Å². The van der Waals surface area contributed by atoms with Crippen molar-refractivity contribution in [2.24, 2.45) is 12.8 Å². The maximum atomic E-state index is 11.5. The van der Waals surface area contributed by atoms with Crippen LogP contribution in [-0.4, -0.2) is 53.7 Å². The third-order valence-corrected chi connectivity index (χ3v) is 4.86. The first-order valence-electron chi connectivity index (χ1n) is 5.51. The Labute approximate surface area is 101 Å². The first-order chi connectivity index (χ1) is 7.87. The summed E-state index contributed by atoms with van der Waals surface area (Å²) in [6.07, 6.45) is 3.71. The summed E-state index contributed by atoms with van der Waals surface area (Å²) in [4.78, 5) is 1.99. The Bertz CT molecular complexity index is 496. The van der Waals surface area contributed by atoms with Crippen LogP contribution in [0, 0.1) is 0 Å². The van der Waals surface area contributed by atoms with Gasteiger partial charge in [0.05, 0.1) is 17.7 Å². The second-order valence-electron chi connectivity index (χ2n) is 4.75. The number of aryl methyl sites for hydroxylation is 1. The first kappa shape index (κ1) is 12.5. The van der Waals surface area contributed by atoms with Crippen LogP contribution in [0.15, 0.2) is 12.4 Å². The molecule has 2 unspecified atom stereocenters. The van der Waals surface area contributed by atoms with E-state index in [0.29, 0.717) is 6.54 Å². The van der Waals surface area contributed by atoms with Gasteiger partial charge in [-0.1, -0.05) is 0 Å². The van der Waals surface area contributed by atoms with Crippen LogP contribution in [-0.2, 0) is 23.4 Å². The van der Waals surface area contributed by atoms with Crippen LogP contribution in [0.5, 0.6) is 0 Å². The number of rotatable bonds is 3. The Hall–Kier alpha value is -0.920. The van der Waals surface area contributed by atoms with E-state index in [1.807, 2.05) is 25.2 Å². The van der Waals surface area contributed by atoms with E-state index in [4.69, 9.17) is 5.73 Å². The topological polar surface area (TPSA) is 81.2 Å². The first-order valence-corrected chi connectivity index (χ1v) is 7.33. The van der Waals surface area contributed by atoms with E-state index in [2.05, 4.69) is 5.10 Å². The molecule has 1 aromatic rings. The maximum absolute atomic E-state index is 11.5. The maximum Gasteiger partial charge on any atom is 0.153 e. The van der Waals surface area contributed by atoms with E-state index in [-0.39, 0.29) is 23.6 Å². The van der Waals surface area contributed by atoms with Crippen molar-refractivity contribution in [3.63, 3.8) is 0 Å². The van der Waals surface area contributed by atoms with Crippen LogP contribution in [0.2, 0.25) is 0 Å². The van der Waals surface area contributed by atoms with E-state index in [9.17, 15) is 8.42 Å². The highest BCUT2D eigenvalue weighted by molar-refractivity contribution is 7.91. The molecule has 2 atom stereocenters. The summed E-state index contributed by atoms with van der Waals surface area (Å²) in [6.45, 7) is 0.668. The molecule has 0 radical (unpaired) electrons. The minimum Gasteiger partial charge on any atom is -0.325 e. The fourth-order valence-corrected chi connectivity index (χ4v) is 4.24. The summed E-state index contributed by atoms with van der Waals surface area (Å²) in [5.74, 6) is 0.250. The highest BCUT2D eigenvalue weighted by Crippen LogP contribution is 2.17. The molecule has 0 spiro atoms. The van der Waals surface area contributed by atoms with Gasteiger partial charge in [0.1, 0.15) is 0 Å². The summed E-state index contributed by atoms with van der Waals surface area (Å²) < 4.78 is 24.7. The lowest BCUT2D eigenvalue weighted by molar-refractivity contribution is 0.236. The Balaban J connectivity index is 2.03. The molecule has 2 heterocycles. The third kappa shape index (κ3) is 2.85. The van der Waals surface area contributed by atoms with Gasteiger partial charge in [-0.25, -0.2) is 8.42 Å². The predicted molar refractivity (Wildman–Crippen MR) is 65.1 cm³/mol. The molecule has 1 saturated heterocycles. The predicted octanol–water partition coefficient (Wildman–Crippen LogP) is -1.02. The highest BCUT2D eigenvalue weighted by Gasteiger charge is 2.37. The van der Waals surface area contributed by atoms with Gasteiger partial charge in [-0.15, -0.1) is 0 Å². The van der Waals surface area contributed by atoms with Gasteiger partial charge >= 0.3 is 0 Å². The van der Waals surface area contributed by atoms with Gasteiger partial charge in [0.25, 0.3) is 0 Å². The fraction of sp³-hybridized carbons (Fsp3) is 0.700. The Kier molecular flexibility index (Phi) is 3.24. The molecule has 6 nitrogen and oxygen atoms in total. The molecule has 0 saturated carbocycles. The second-order valence-corrected chi connectivity index (χ2v) is 6.90. The van der Waals surface area contributed by atoms with Gasteiger partial charge in [0.15, 0.2) is 9.84 Å². The van der Waals surface area contributed by atoms with Crippen LogP contribution < -0.4 is 5.73 Å². The lowest BCUT2D eigenvalue weighted by atomic mass is 10.1. The average molecular weight is 258 g/mol. The minimum atomic E-state index is -2.96. The molecule has 2 N–H and O–H groups in total. The molecule has 1 aliphatic rings. The number of nitrogens with zero attached hydrogens (tertiary/aromatic N) is 3. The molecule has 17 heavy (non-hydrogen) atoms. The number of sulfone groups is 1. The van der Waals surface area contributed by atoms with Gasteiger partial charge in [-0.2, -0.15) is 5.10 Å². The van der Waals surface area contributed by atoms with Crippen LogP contribution in [0.4, 0.5) is 0 Å². The Morgan fingerprint density at radius 2 is 2.29 bits per heavy atom. The van der Waals surface area contributed by atoms with Crippen molar-refractivity contribution in [1.82, 2.24) is 14.7 Å². The van der Waals surface area contributed by atoms with E-state index in [1.165, 1.54) is 0 Å². The van der Waals surface area contributed by atoms with Crippen LogP contribution >= 0.6 is 0 Å². The van der Waals surface area contributed by atoms with E-state index >= 15 is 0 Å². The molecular formula is C10H18N4O2S. The monoisotopic (exact) mass is 258 g/mol. The van der Waals surface area contributed by atoms with Crippen molar-refractivity contribution in [3.05, 3.63) is 18.0 Å². The molecule has 1 aromatic heterocycles. The SMILES string of the molecule is CN(Cc1cnn(C)c1)C1CS(=O)(=O)CC1N. The summed E-state index contributed by atoms with van der Waals surface area (Å²) in [6, 6.07) is -0.387. The summed E-state index contributed by atoms with van der Waals surface area (Å²) in [7, 11) is 0.793. The van der Waals surface area contributed by atoms with Crippen molar-refractivity contribution in [3.8, 4) is 0 Å². The molecule has 1 aliphatic heterocycles. The molecule has 96 valence electrons. The number of aromatic nitrogens is 2.